The predicted molar refractivity (Wildman–Crippen MR) is 62.1 cm³/mol. The number of carbonyl (C=O) groups excluding carboxylic acids is 1. The van der Waals surface area contributed by atoms with Gasteiger partial charge in [0, 0.05) is 23.9 Å². The Kier molecular flexibility index (Phi) is 3.00. The predicted octanol–water partition coefficient (Wildman–Crippen LogP) is 2.28. The Labute approximate surface area is 93.6 Å². The lowest BCUT2D eigenvalue weighted by atomic mass is 10.2. The highest BCUT2D eigenvalue weighted by Crippen LogP contribution is 2.18. The molecule has 0 saturated carbocycles. The number of ether oxygens (including phenoxy) is 1. The molecule has 1 aliphatic heterocycles. The van der Waals surface area contributed by atoms with E-state index in [-0.39, 0.29) is 5.97 Å². The van der Waals surface area contributed by atoms with Crippen LogP contribution in [-0.2, 0) is 9.53 Å². The molecule has 0 aliphatic carbocycles. The smallest absolute Gasteiger partial charge is 0.312 e. The van der Waals surface area contributed by atoms with Crippen molar-refractivity contribution < 1.29 is 9.53 Å². The average Bonchev–Trinajstić information content (AvgIpc) is 2.50. The number of aliphatic imine (C=N–C) groups is 1. The van der Waals surface area contributed by atoms with Gasteiger partial charge in [0.15, 0.2) is 0 Å². The average molecular weight is 216 g/mol. The van der Waals surface area contributed by atoms with Crippen LogP contribution in [0.25, 0.3) is 0 Å². The fourth-order valence-electron chi connectivity index (χ4n) is 1.32. The largest absolute Gasteiger partial charge is 0.408 e. The zero-order valence-corrected chi connectivity index (χ0v) is 8.93. The van der Waals surface area contributed by atoms with E-state index < -0.39 is 0 Å². The summed E-state index contributed by atoms with van der Waals surface area (Å²) < 4.78 is 5.07. The van der Waals surface area contributed by atoms with E-state index in [9.17, 15) is 4.79 Å². The molecule has 82 valence electrons. The second-order valence-corrected chi connectivity index (χ2v) is 3.31. The molecule has 0 bridgehead atoms. The first kappa shape index (κ1) is 10.4. The molecule has 1 heterocycles. The maximum Gasteiger partial charge on any atom is 0.312 e. The van der Waals surface area contributed by atoms with Crippen molar-refractivity contribution in [3.05, 3.63) is 41.9 Å². The van der Waals surface area contributed by atoms with Crippen LogP contribution < -0.4 is 5.32 Å². The fraction of sp³-hybridized carbons (Fsp3) is 0.167. The third-order valence-corrected chi connectivity index (χ3v) is 2.14. The summed E-state index contributed by atoms with van der Waals surface area (Å²) >= 11 is 0. The van der Waals surface area contributed by atoms with E-state index in [1.54, 1.807) is 13.1 Å². The molecule has 0 spiro atoms. The van der Waals surface area contributed by atoms with Crippen LogP contribution >= 0.6 is 0 Å². The van der Waals surface area contributed by atoms with Gasteiger partial charge in [-0.25, -0.2) is 0 Å². The van der Waals surface area contributed by atoms with Crippen LogP contribution in [0.5, 0.6) is 0 Å². The third kappa shape index (κ3) is 2.28. The Morgan fingerprint density at radius 3 is 3.06 bits per heavy atom. The number of fused-ring (bicyclic) bond motifs is 1. The molecule has 0 saturated heterocycles. The van der Waals surface area contributed by atoms with Crippen molar-refractivity contribution in [1.29, 1.82) is 0 Å². The zero-order valence-electron chi connectivity index (χ0n) is 8.93. The number of esters is 1. The molecule has 0 unspecified atom stereocenters. The van der Waals surface area contributed by atoms with Crippen molar-refractivity contribution in [3.63, 3.8) is 0 Å². The molecule has 0 aromatic heterocycles. The standard InChI is InChI=1S/C12H12N2O2/c1-2-12(15)16-11-8-13-7-9-5-3-4-6-10(9)14-11/h3-8,14H,2H2,1H3. The van der Waals surface area contributed by atoms with Crippen LogP contribution in [0.15, 0.2) is 41.3 Å². The van der Waals surface area contributed by atoms with Crippen LogP contribution in [0.1, 0.15) is 18.9 Å². The van der Waals surface area contributed by atoms with Crippen molar-refractivity contribution in [2.75, 3.05) is 5.32 Å². The van der Waals surface area contributed by atoms with Crippen LogP contribution in [0.4, 0.5) is 5.69 Å². The molecule has 0 atom stereocenters. The molecule has 2 rings (SSSR count). The van der Waals surface area contributed by atoms with Gasteiger partial charge in [0.25, 0.3) is 0 Å². The maximum atomic E-state index is 11.1. The summed E-state index contributed by atoms with van der Waals surface area (Å²) in [6.07, 6.45) is 3.55. The summed E-state index contributed by atoms with van der Waals surface area (Å²) in [5, 5.41) is 3.02. The summed E-state index contributed by atoms with van der Waals surface area (Å²) in [5.41, 5.74) is 1.83. The lowest BCUT2D eigenvalue weighted by Crippen LogP contribution is -2.09. The minimum absolute atomic E-state index is 0.284. The number of anilines is 1. The Morgan fingerprint density at radius 2 is 2.25 bits per heavy atom. The Bertz CT molecular complexity index is 464. The molecule has 1 N–H and O–H groups in total. The quantitative estimate of drug-likeness (QED) is 0.771. The number of rotatable bonds is 2. The zero-order chi connectivity index (χ0) is 11.4. The maximum absolute atomic E-state index is 11.1. The van der Waals surface area contributed by atoms with Crippen molar-refractivity contribution in [2.24, 2.45) is 4.99 Å². The van der Waals surface area contributed by atoms with Gasteiger partial charge >= 0.3 is 5.97 Å². The molecular weight excluding hydrogens is 204 g/mol. The van der Waals surface area contributed by atoms with Crippen LogP contribution in [-0.4, -0.2) is 12.2 Å². The Hall–Kier alpha value is -2.10. The van der Waals surface area contributed by atoms with E-state index in [0.717, 1.165) is 11.3 Å². The van der Waals surface area contributed by atoms with Gasteiger partial charge in [0.1, 0.15) is 0 Å². The molecule has 1 aromatic rings. The second-order valence-electron chi connectivity index (χ2n) is 3.31. The van der Waals surface area contributed by atoms with Crippen LogP contribution in [0.3, 0.4) is 0 Å². The van der Waals surface area contributed by atoms with Gasteiger partial charge in [-0.3, -0.25) is 9.79 Å². The first-order chi connectivity index (χ1) is 7.79. The van der Waals surface area contributed by atoms with E-state index in [2.05, 4.69) is 10.3 Å². The van der Waals surface area contributed by atoms with Crippen molar-refractivity contribution in [1.82, 2.24) is 0 Å². The summed E-state index contributed by atoms with van der Waals surface area (Å²) in [6, 6.07) is 7.67. The molecule has 1 aromatic carbocycles. The van der Waals surface area contributed by atoms with E-state index in [0.29, 0.717) is 12.3 Å². The molecule has 1 aliphatic rings. The molecule has 0 fully saturated rings. The highest BCUT2D eigenvalue weighted by atomic mass is 16.5. The molecule has 4 heteroatoms. The minimum Gasteiger partial charge on any atom is -0.408 e. The molecule has 0 amide bonds. The fourth-order valence-corrected chi connectivity index (χ4v) is 1.32. The molecule has 4 nitrogen and oxygen atoms in total. The number of nitrogens with zero attached hydrogens (tertiary/aromatic N) is 1. The second kappa shape index (κ2) is 4.61. The van der Waals surface area contributed by atoms with Gasteiger partial charge < -0.3 is 10.1 Å². The number of nitrogens with one attached hydrogen (secondary N) is 1. The first-order valence-corrected chi connectivity index (χ1v) is 5.09. The highest BCUT2D eigenvalue weighted by Gasteiger charge is 2.09. The summed E-state index contributed by atoms with van der Waals surface area (Å²) in [4.78, 5) is 15.2. The van der Waals surface area contributed by atoms with Crippen LogP contribution in [0, 0.1) is 0 Å². The van der Waals surface area contributed by atoms with Crippen molar-refractivity contribution >= 4 is 17.9 Å². The third-order valence-electron chi connectivity index (χ3n) is 2.14. The van der Waals surface area contributed by atoms with E-state index in [4.69, 9.17) is 4.74 Å². The van der Waals surface area contributed by atoms with Gasteiger partial charge in [-0.05, 0) is 6.07 Å². The molecule has 0 radical (unpaired) electrons. The van der Waals surface area contributed by atoms with Crippen molar-refractivity contribution in [3.8, 4) is 0 Å². The lowest BCUT2D eigenvalue weighted by Gasteiger charge is -2.09. The number of benzene rings is 1. The Balaban J connectivity index is 2.19. The molecule has 16 heavy (non-hydrogen) atoms. The van der Waals surface area contributed by atoms with Crippen LogP contribution in [0.2, 0.25) is 0 Å². The lowest BCUT2D eigenvalue weighted by molar-refractivity contribution is -0.138. The normalized spacial score (nSPS) is 13.2. The summed E-state index contributed by atoms with van der Waals surface area (Å²) in [6.45, 7) is 1.75. The summed E-state index contributed by atoms with van der Waals surface area (Å²) in [7, 11) is 0. The topological polar surface area (TPSA) is 50.7 Å². The van der Waals surface area contributed by atoms with Crippen molar-refractivity contribution in [2.45, 2.75) is 13.3 Å². The Morgan fingerprint density at radius 1 is 1.44 bits per heavy atom. The van der Waals surface area contributed by atoms with Gasteiger partial charge in [-0.1, -0.05) is 25.1 Å². The van der Waals surface area contributed by atoms with Gasteiger partial charge in [-0.2, -0.15) is 0 Å². The molecular formula is C12H12N2O2. The first-order valence-electron chi connectivity index (χ1n) is 5.09. The minimum atomic E-state index is -0.284. The number of para-hydroxylation sites is 1. The highest BCUT2D eigenvalue weighted by molar-refractivity contribution is 5.89. The number of hydrogen-bond donors (Lipinski definition) is 1. The number of hydrogen-bond acceptors (Lipinski definition) is 4. The summed E-state index contributed by atoms with van der Waals surface area (Å²) in [5.74, 6) is 0.0707. The SMILES string of the molecule is CCC(=O)OC1=CN=Cc2ccccc2N1. The van der Waals surface area contributed by atoms with E-state index in [1.807, 2.05) is 24.3 Å². The van der Waals surface area contributed by atoms with Gasteiger partial charge in [-0.15, -0.1) is 0 Å². The van der Waals surface area contributed by atoms with Gasteiger partial charge in [0.2, 0.25) is 5.88 Å². The number of carbonyl (C=O) groups is 1. The van der Waals surface area contributed by atoms with Gasteiger partial charge in [0.05, 0.1) is 6.20 Å². The van der Waals surface area contributed by atoms with E-state index in [1.165, 1.54) is 6.20 Å². The van der Waals surface area contributed by atoms with E-state index >= 15 is 0 Å². The monoisotopic (exact) mass is 216 g/mol.